The van der Waals surface area contributed by atoms with Crippen LogP contribution in [-0.2, 0) is 14.3 Å². The molecule has 0 unspecified atom stereocenters. The van der Waals surface area contributed by atoms with E-state index in [-0.39, 0.29) is 17.9 Å². The summed E-state index contributed by atoms with van der Waals surface area (Å²) in [4.78, 5) is 28.0. The van der Waals surface area contributed by atoms with Gasteiger partial charge >= 0.3 is 0 Å². The first kappa shape index (κ1) is 16.9. The summed E-state index contributed by atoms with van der Waals surface area (Å²) >= 11 is 0. The van der Waals surface area contributed by atoms with Crippen LogP contribution in [0.4, 0.5) is 0 Å². The van der Waals surface area contributed by atoms with Crippen molar-refractivity contribution >= 4 is 11.8 Å². The average Bonchev–Trinajstić information content (AvgIpc) is 2.82. The number of likely N-dealkylation sites (tertiary alicyclic amines) is 1. The molecule has 2 amide bonds. The lowest BCUT2D eigenvalue weighted by atomic mass is 10.1. The SMILES string of the molecule is CCOCCC(=O)N1C[C@@H](N)C[C@H]1C(=O)N(CC)CC. The number of carbonyl (C=O) groups is 2. The van der Waals surface area contributed by atoms with Gasteiger partial charge < -0.3 is 20.3 Å². The quantitative estimate of drug-likeness (QED) is 0.678. The van der Waals surface area contributed by atoms with Crippen molar-refractivity contribution in [3.63, 3.8) is 0 Å². The van der Waals surface area contributed by atoms with Crippen molar-refractivity contribution in [2.75, 3.05) is 32.8 Å². The summed E-state index contributed by atoms with van der Waals surface area (Å²) in [6, 6.07) is -0.519. The van der Waals surface area contributed by atoms with Crippen LogP contribution in [0, 0.1) is 0 Å². The fourth-order valence-corrected chi connectivity index (χ4v) is 2.57. The van der Waals surface area contributed by atoms with Gasteiger partial charge in [-0.15, -0.1) is 0 Å². The third kappa shape index (κ3) is 4.18. The monoisotopic (exact) mass is 285 g/mol. The van der Waals surface area contributed by atoms with Gasteiger partial charge in [0.05, 0.1) is 13.0 Å². The number of hydrogen-bond donors (Lipinski definition) is 1. The second kappa shape index (κ2) is 8.21. The van der Waals surface area contributed by atoms with Crippen LogP contribution >= 0.6 is 0 Å². The predicted octanol–water partition coefficient (Wildman–Crippen LogP) is 0.210. The first-order chi connectivity index (χ1) is 9.54. The molecule has 2 atom stereocenters. The van der Waals surface area contributed by atoms with Gasteiger partial charge in [-0.1, -0.05) is 0 Å². The van der Waals surface area contributed by atoms with Crippen LogP contribution in [0.15, 0.2) is 0 Å². The Morgan fingerprint density at radius 2 is 1.95 bits per heavy atom. The smallest absolute Gasteiger partial charge is 0.245 e. The van der Waals surface area contributed by atoms with Crippen molar-refractivity contribution in [3.8, 4) is 0 Å². The Balaban J connectivity index is 2.67. The zero-order chi connectivity index (χ0) is 15.1. The number of hydrogen-bond acceptors (Lipinski definition) is 4. The van der Waals surface area contributed by atoms with E-state index < -0.39 is 6.04 Å². The molecule has 1 aliphatic heterocycles. The van der Waals surface area contributed by atoms with Crippen molar-refractivity contribution in [2.45, 2.75) is 45.7 Å². The van der Waals surface area contributed by atoms with E-state index in [0.717, 1.165) is 0 Å². The summed E-state index contributed by atoms with van der Waals surface area (Å²) in [5.74, 6) is -0.0374. The normalized spacial score (nSPS) is 22.1. The molecule has 2 N–H and O–H groups in total. The number of rotatable bonds is 7. The molecule has 0 aromatic carbocycles. The van der Waals surface area contributed by atoms with Crippen LogP contribution < -0.4 is 5.73 Å². The Morgan fingerprint density at radius 1 is 1.30 bits per heavy atom. The second-order valence-corrected chi connectivity index (χ2v) is 5.02. The molecule has 0 bridgehead atoms. The first-order valence-electron chi connectivity index (χ1n) is 7.46. The van der Waals surface area contributed by atoms with Crippen LogP contribution in [0.1, 0.15) is 33.6 Å². The van der Waals surface area contributed by atoms with Gasteiger partial charge in [0, 0.05) is 32.3 Å². The van der Waals surface area contributed by atoms with E-state index in [2.05, 4.69) is 0 Å². The number of amides is 2. The molecule has 0 aliphatic carbocycles. The van der Waals surface area contributed by atoms with E-state index in [0.29, 0.717) is 45.7 Å². The van der Waals surface area contributed by atoms with Crippen LogP contribution in [0.3, 0.4) is 0 Å². The molecule has 0 aromatic heterocycles. The molecule has 1 saturated heterocycles. The number of nitrogens with zero attached hydrogens (tertiary/aromatic N) is 2. The van der Waals surface area contributed by atoms with Gasteiger partial charge in [0.25, 0.3) is 0 Å². The number of likely N-dealkylation sites (N-methyl/N-ethyl adjacent to an activating group) is 1. The predicted molar refractivity (Wildman–Crippen MR) is 77.1 cm³/mol. The third-order valence-corrected chi connectivity index (χ3v) is 3.68. The highest BCUT2D eigenvalue weighted by molar-refractivity contribution is 5.88. The summed E-state index contributed by atoms with van der Waals surface area (Å²) in [5, 5.41) is 0. The summed E-state index contributed by atoms with van der Waals surface area (Å²) in [6.45, 7) is 8.53. The van der Waals surface area contributed by atoms with Crippen molar-refractivity contribution < 1.29 is 14.3 Å². The van der Waals surface area contributed by atoms with E-state index >= 15 is 0 Å². The maximum atomic E-state index is 12.4. The maximum absolute atomic E-state index is 12.4. The summed E-state index contributed by atoms with van der Waals surface area (Å²) in [7, 11) is 0. The minimum absolute atomic E-state index is 0.00714. The van der Waals surface area contributed by atoms with Crippen molar-refractivity contribution in [3.05, 3.63) is 0 Å². The van der Waals surface area contributed by atoms with Gasteiger partial charge in [-0.25, -0.2) is 0 Å². The Morgan fingerprint density at radius 3 is 2.50 bits per heavy atom. The van der Waals surface area contributed by atoms with Gasteiger partial charge in [0.2, 0.25) is 11.8 Å². The van der Waals surface area contributed by atoms with Gasteiger partial charge in [0.1, 0.15) is 6.04 Å². The highest BCUT2D eigenvalue weighted by Crippen LogP contribution is 2.20. The Hall–Kier alpha value is -1.14. The molecule has 116 valence electrons. The molecule has 1 heterocycles. The lowest BCUT2D eigenvalue weighted by Gasteiger charge is -2.28. The molecular weight excluding hydrogens is 258 g/mol. The minimum atomic E-state index is -0.404. The molecule has 0 aromatic rings. The maximum Gasteiger partial charge on any atom is 0.245 e. The highest BCUT2D eigenvalue weighted by Gasteiger charge is 2.39. The van der Waals surface area contributed by atoms with Crippen LogP contribution in [0.2, 0.25) is 0 Å². The van der Waals surface area contributed by atoms with E-state index in [4.69, 9.17) is 10.5 Å². The Kier molecular flexibility index (Phi) is 6.95. The molecule has 0 spiro atoms. The molecule has 1 aliphatic rings. The average molecular weight is 285 g/mol. The molecule has 20 heavy (non-hydrogen) atoms. The number of carbonyl (C=O) groups excluding carboxylic acids is 2. The van der Waals surface area contributed by atoms with E-state index in [1.807, 2.05) is 20.8 Å². The summed E-state index contributed by atoms with van der Waals surface area (Å²) < 4.78 is 5.20. The highest BCUT2D eigenvalue weighted by atomic mass is 16.5. The van der Waals surface area contributed by atoms with E-state index in [1.54, 1.807) is 9.80 Å². The third-order valence-electron chi connectivity index (χ3n) is 3.68. The Labute approximate surface area is 121 Å². The first-order valence-corrected chi connectivity index (χ1v) is 7.46. The van der Waals surface area contributed by atoms with E-state index in [9.17, 15) is 9.59 Å². The summed E-state index contributed by atoms with van der Waals surface area (Å²) in [6.07, 6.45) is 0.859. The van der Waals surface area contributed by atoms with Gasteiger partial charge in [0.15, 0.2) is 0 Å². The van der Waals surface area contributed by atoms with Crippen molar-refractivity contribution in [1.29, 1.82) is 0 Å². The molecule has 0 radical (unpaired) electrons. The van der Waals surface area contributed by atoms with Crippen molar-refractivity contribution in [1.82, 2.24) is 9.80 Å². The molecule has 6 nitrogen and oxygen atoms in total. The molecule has 1 fully saturated rings. The fourth-order valence-electron chi connectivity index (χ4n) is 2.57. The second-order valence-electron chi connectivity index (χ2n) is 5.02. The van der Waals surface area contributed by atoms with Crippen molar-refractivity contribution in [2.24, 2.45) is 5.73 Å². The molecule has 0 saturated carbocycles. The van der Waals surface area contributed by atoms with Crippen LogP contribution in [0.5, 0.6) is 0 Å². The van der Waals surface area contributed by atoms with E-state index in [1.165, 1.54) is 0 Å². The summed E-state index contributed by atoms with van der Waals surface area (Å²) in [5.41, 5.74) is 5.93. The molecule has 6 heteroatoms. The Bertz CT molecular complexity index is 332. The van der Waals surface area contributed by atoms with Gasteiger partial charge in [-0.05, 0) is 27.2 Å². The van der Waals surface area contributed by atoms with Gasteiger partial charge in [-0.2, -0.15) is 0 Å². The van der Waals surface area contributed by atoms with Crippen LogP contribution in [0.25, 0.3) is 0 Å². The zero-order valence-electron chi connectivity index (χ0n) is 12.8. The largest absolute Gasteiger partial charge is 0.381 e. The lowest BCUT2D eigenvalue weighted by molar-refractivity contribution is -0.144. The standard InChI is InChI=1S/C14H27N3O3/c1-4-16(5-2)14(19)12-9-11(15)10-17(12)13(18)7-8-20-6-3/h11-12H,4-10,15H2,1-3H3/t11-,12-/m0/s1. The number of nitrogens with two attached hydrogens (primary N) is 1. The zero-order valence-corrected chi connectivity index (χ0v) is 12.8. The molecular formula is C14H27N3O3. The lowest BCUT2D eigenvalue weighted by Crippen LogP contribution is -2.47. The minimum Gasteiger partial charge on any atom is -0.381 e. The number of ether oxygens (including phenoxy) is 1. The molecule has 1 rings (SSSR count). The fraction of sp³-hybridized carbons (Fsp3) is 0.857. The van der Waals surface area contributed by atoms with Crippen LogP contribution in [-0.4, -0.2) is 66.5 Å². The van der Waals surface area contributed by atoms with Gasteiger partial charge in [-0.3, -0.25) is 9.59 Å². The topological polar surface area (TPSA) is 75.9 Å².